The van der Waals surface area contributed by atoms with E-state index >= 15 is 0 Å². The molecule has 0 saturated heterocycles. The molecule has 0 aliphatic carbocycles. The first-order chi connectivity index (χ1) is 5.94. The zero-order valence-electron chi connectivity index (χ0n) is 8.70. The number of hydrogen-bond acceptors (Lipinski definition) is 2. The fourth-order valence-corrected chi connectivity index (χ4v) is 0.992. The van der Waals surface area contributed by atoms with Crippen LogP contribution in [-0.2, 0) is 0 Å². The Balaban J connectivity index is 4.71. The van der Waals surface area contributed by atoms with Crippen molar-refractivity contribution in [2.45, 2.75) is 19.9 Å². The second-order valence-corrected chi connectivity index (χ2v) is 3.91. The zero-order chi connectivity index (χ0) is 10.5. The molecule has 0 bridgehead atoms. The molecule has 0 radical (unpaired) electrons. The molecule has 0 N–H and O–H groups in total. The van der Waals surface area contributed by atoms with E-state index in [1.165, 1.54) is 0 Å². The topological polar surface area (TPSA) is 47.6 Å². The van der Waals surface area contributed by atoms with Gasteiger partial charge < -0.3 is 0 Å². The summed E-state index contributed by atoms with van der Waals surface area (Å²) in [7, 11) is 3.77. The summed E-state index contributed by atoms with van der Waals surface area (Å²) >= 11 is 0. The maximum Gasteiger partial charge on any atom is 0.195 e. The van der Waals surface area contributed by atoms with Crippen molar-refractivity contribution >= 4 is 0 Å². The Labute approximate surface area is 80.1 Å². The Hall–Kier alpha value is -1.32. The average Bonchev–Trinajstić information content (AvgIpc) is 1.99. The van der Waals surface area contributed by atoms with Gasteiger partial charge in [0.1, 0.15) is 12.1 Å². The summed E-state index contributed by atoms with van der Waals surface area (Å²) in [6.45, 7) is 4.26. The smallest absolute Gasteiger partial charge is 0.195 e. The number of rotatable bonds is 3. The van der Waals surface area contributed by atoms with E-state index in [4.69, 9.17) is 10.5 Å². The fraction of sp³-hybridized carbons (Fsp3) is 0.600. The van der Waals surface area contributed by atoms with Crippen LogP contribution in [0.1, 0.15) is 13.8 Å². The van der Waals surface area contributed by atoms with Crippen molar-refractivity contribution in [3.63, 3.8) is 0 Å². The number of hydrogen-bond donors (Lipinski definition) is 0. The van der Waals surface area contributed by atoms with Crippen LogP contribution in [0.4, 0.5) is 0 Å². The van der Waals surface area contributed by atoms with E-state index in [0.29, 0.717) is 11.0 Å². The number of likely N-dealkylation sites (N-methyl/N-ethyl adjacent to an activating group) is 1. The van der Waals surface area contributed by atoms with Crippen molar-refractivity contribution in [2.24, 2.45) is 0 Å². The van der Waals surface area contributed by atoms with Gasteiger partial charge in [-0.15, -0.1) is 0 Å². The summed E-state index contributed by atoms with van der Waals surface area (Å²) in [5.41, 5.74) is 1.11. The Morgan fingerprint density at radius 2 is 1.92 bits per heavy atom. The van der Waals surface area contributed by atoms with Crippen LogP contribution >= 0.6 is 0 Å². The predicted molar refractivity (Wildman–Crippen MR) is 51.4 cm³/mol. The molecule has 1 unspecified atom stereocenters. The van der Waals surface area contributed by atoms with Gasteiger partial charge in [0.15, 0.2) is 12.6 Å². The zero-order valence-corrected chi connectivity index (χ0v) is 8.70. The molecule has 0 fully saturated rings. The highest BCUT2D eigenvalue weighted by atomic mass is 15.3. The summed E-state index contributed by atoms with van der Waals surface area (Å²) in [4.78, 5) is 0. The highest BCUT2D eigenvalue weighted by Gasteiger charge is 2.25. The van der Waals surface area contributed by atoms with Crippen LogP contribution in [0.5, 0.6) is 0 Å². The van der Waals surface area contributed by atoms with Gasteiger partial charge in [0.2, 0.25) is 0 Å². The molecule has 0 amide bonds. The summed E-state index contributed by atoms with van der Waals surface area (Å²) in [5, 5.41) is 17.5. The van der Waals surface area contributed by atoms with Crippen molar-refractivity contribution in [1.82, 2.24) is 0 Å². The maximum absolute atomic E-state index is 8.92. The minimum Gasteiger partial charge on any atom is -0.299 e. The standard InChI is InChI=1S/C10H16N3/c1-9(2)7-10(8-12)13(3,4)6-5-11/h7,10H,6H2,1-4H3/q+1. The minimum absolute atomic E-state index is 0.232. The van der Waals surface area contributed by atoms with Crippen LogP contribution in [0.3, 0.4) is 0 Å². The first-order valence-corrected chi connectivity index (χ1v) is 4.18. The molecule has 0 rings (SSSR count). The number of quaternary nitrogens is 1. The lowest BCUT2D eigenvalue weighted by atomic mass is 10.1. The Morgan fingerprint density at radius 1 is 1.38 bits per heavy atom. The number of nitriles is 2. The van der Waals surface area contributed by atoms with Crippen molar-refractivity contribution in [3.05, 3.63) is 11.6 Å². The van der Waals surface area contributed by atoms with Crippen LogP contribution in [0, 0.1) is 22.7 Å². The van der Waals surface area contributed by atoms with E-state index in [1.54, 1.807) is 0 Å². The van der Waals surface area contributed by atoms with E-state index < -0.39 is 0 Å². The lowest BCUT2D eigenvalue weighted by molar-refractivity contribution is -0.893. The first-order valence-electron chi connectivity index (χ1n) is 4.18. The Bertz CT molecular complexity index is 272. The number of allylic oxidation sites excluding steroid dienone is 1. The third kappa shape index (κ3) is 3.73. The third-order valence-electron chi connectivity index (χ3n) is 1.85. The number of nitrogens with zero attached hydrogens (tertiary/aromatic N) is 3. The third-order valence-corrected chi connectivity index (χ3v) is 1.85. The lowest BCUT2D eigenvalue weighted by Crippen LogP contribution is -2.47. The molecule has 0 saturated carbocycles. The minimum atomic E-state index is -0.232. The molecule has 0 heterocycles. The molecule has 70 valence electrons. The maximum atomic E-state index is 8.92. The molecule has 1 atom stereocenters. The highest BCUT2D eigenvalue weighted by molar-refractivity contribution is 5.07. The summed E-state index contributed by atoms with van der Waals surface area (Å²) in [6.07, 6.45) is 1.90. The van der Waals surface area contributed by atoms with Crippen LogP contribution in [-0.4, -0.2) is 31.2 Å². The average molecular weight is 178 g/mol. The molecule has 0 aliphatic heterocycles. The van der Waals surface area contributed by atoms with Gasteiger partial charge in [-0.2, -0.15) is 10.5 Å². The summed E-state index contributed by atoms with van der Waals surface area (Å²) in [5.74, 6) is 0. The molecule has 3 heteroatoms. The molecule has 13 heavy (non-hydrogen) atoms. The highest BCUT2D eigenvalue weighted by Crippen LogP contribution is 2.09. The van der Waals surface area contributed by atoms with E-state index in [1.807, 2.05) is 34.0 Å². The molecular formula is C10H16N3+. The lowest BCUT2D eigenvalue weighted by Gasteiger charge is -2.29. The van der Waals surface area contributed by atoms with Gasteiger partial charge >= 0.3 is 0 Å². The molecular weight excluding hydrogens is 162 g/mol. The predicted octanol–water partition coefficient (Wildman–Crippen LogP) is 1.44. The summed E-state index contributed by atoms with van der Waals surface area (Å²) < 4.78 is 0.401. The second kappa shape index (κ2) is 4.64. The molecule has 3 nitrogen and oxygen atoms in total. The second-order valence-electron chi connectivity index (χ2n) is 3.91. The molecule has 0 aromatic heterocycles. The quantitative estimate of drug-likeness (QED) is 0.373. The van der Waals surface area contributed by atoms with E-state index in [2.05, 4.69) is 12.1 Å². The largest absolute Gasteiger partial charge is 0.299 e. The molecule has 0 aromatic carbocycles. The van der Waals surface area contributed by atoms with Crippen LogP contribution in [0.2, 0.25) is 0 Å². The van der Waals surface area contributed by atoms with Gasteiger partial charge in [-0.1, -0.05) is 5.57 Å². The Kier molecular flexibility index (Phi) is 4.17. The van der Waals surface area contributed by atoms with Gasteiger partial charge in [0, 0.05) is 0 Å². The first kappa shape index (κ1) is 11.7. The van der Waals surface area contributed by atoms with Gasteiger partial charge in [0.05, 0.1) is 14.1 Å². The van der Waals surface area contributed by atoms with E-state index in [0.717, 1.165) is 5.57 Å². The van der Waals surface area contributed by atoms with Crippen molar-refractivity contribution in [3.8, 4) is 12.1 Å². The SMILES string of the molecule is CC(C)=CC(C#N)[N+](C)(C)CC#N. The van der Waals surface area contributed by atoms with Crippen molar-refractivity contribution in [2.75, 3.05) is 20.6 Å². The van der Waals surface area contributed by atoms with Crippen molar-refractivity contribution < 1.29 is 4.48 Å². The summed E-state index contributed by atoms with van der Waals surface area (Å²) in [6, 6.07) is 4.06. The molecule has 0 aromatic rings. The van der Waals surface area contributed by atoms with Gasteiger partial charge in [-0.05, 0) is 19.9 Å². The van der Waals surface area contributed by atoms with Gasteiger partial charge in [-0.25, -0.2) is 0 Å². The van der Waals surface area contributed by atoms with Crippen molar-refractivity contribution in [1.29, 1.82) is 10.5 Å². The van der Waals surface area contributed by atoms with Crippen LogP contribution in [0.25, 0.3) is 0 Å². The monoisotopic (exact) mass is 178 g/mol. The van der Waals surface area contributed by atoms with Gasteiger partial charge in [-0.3, -0.25) is 4.48 Å². The van der Waals surface area contributed by atoms with Crippen LogP contribution in [0.15, 0.2) is 11.6 Å². The van der Waals surface area contributed by atoms with E-state index in [-0.39, 0.29) is 6.04 Å². The van der Waals surface area contributed by atoms with Crippen LogP contribution < -0.4 is 0 Å². The normalized spacial score (nSPS) is 12.5. The van der Waals surface area contributed by atoms with Gasteiger partial charge in [0.25, 0.3) is 0 Å². The fourth-order valence-electron chi connectivity index (χ4n) is 0.992. The Morgan fingerprint density at radius 3 is 2.23 bits per heavy atom. The molecule has 0 aliphatic rings. The molecule has 0 spiro atoms. The van der Waals surface area contributed by atoms with E-state index in [9.17, 15) is 0 Å².